The maximum atomic E-state index is 4.69. The molecule has 0 amide bonds. The highest BCUT2D eigenvalue weighted by Crippen LogP contribution is 2.19. The molecule has 2 rings (SSSR count). The zero-order valence-corrected chi connectivity index (χ0v) is 9.63. The van der Waals surface area contributed by atoms with Crippen molar-refractivity contribution in [3.63, 3.8) is 0 Å². The van der Waals surface area contributed by atoms with Crippen LogP contribution in [0.25, 0.3) is 0 Å². The van der Waals surface area contributed by atoms with Gasteiger partial charge in [0.05, 0.1) is 6.21 Å². The number of benzene rings is 2. The van der Waals surface area contributed by atoms with Gasteiger partial charge in [-0.05, 0) is 18.2 Å². The molecule has 0 bridgehead atoms. The van der Waals surface area contributed by atoms with Crippen LogP contribution in [0.4, 0.5) is 11.4 Å². The van der Waals surface area contributed by atoms with Crippen LogP contribution in [-0.2, 0) is 4.84 Å². The van der Waals surface area contributed by atoms with Crippen molar-refractivity contribution in [2.45, 2.75) is 0 Å². The average molecular weight is 226 g/mol. The fourth-order valence-corrected chi connectivity index (χ4v) is 1.51. The van der Waals surface area contributed by atoms with Gasteiger partial charge in [-0.3, -0.25) is 0 Å². The number of hydrogen-bond donors (Lipinski definition) is 1. The van der Waals surface area contributed by atoms with E-state index in [4.69, 9.17) is 4.84 Å². The largest absolute Gasteiger partial charge is 0.399 e. The smallest absolute Gasteiger partial charge is 0.106 e. The second kappa shape index (κ2) is 5.70. The molecule has 0 aromatic heterocycles. The van der Waals surface area contributed by atoms with E-state index in [0.29, 0.717) is 0 Å². The summed E-state index contributed by atoms with van der Waals surface area (Å²) in [7, 11) is 1.53. The lowest BCUT2D eigenvalue weighted by Crippen LogP contribution is -1.95. The monoisotopic (exact) mass is 226 g/mol. The van der Waals surface area contributed by atoms with E-state index in [1.165, 1.54) is 7.11 Å². The minimum Gasteiger partial charge on any atom is -0.399 e. The van der Waals surface area contributed by atoms with Gasteiger partial charge in [0, 0.05) is 16.9 Å². The Labute approximate surface area is 101 Å². The predicted octanol–water partition coefficient (Wildman–Crippen LogP) is 3.41. The zero-order valence-electron chi connectivity index (χ0n) is 9.63. The Morgan fingerprint density at radius 1 is 1.00 bits per heavy atom. The van der Waals surface area contributed by atoms with Crippen LogP contribution in [0.3, 0.4) is 0 Å². The highest BCUT2D eigenvalue weighted by molar-refractivity contribution is 5.88. The molecule has 0 aliphatic carbocycles. The molecule has 17 heavy (non-hydrogen) atoms. The molecule has 0 saturated carbocycles. The van der Waals surface area contributed by atoms with Crippen LogP contribution in [0.15, 0.2) is 59.8 Å². The van der Waals surface area contributed by atoms with Gasteiger partial charge in [-0.25, -0.2) is 0 Å². The van der Waals surface area contributed by atoms with Crippen LogP contribution >= 0.6 is 0 Å². The Kier molecular flexibility index (Phi) is 3.76. The van der Waals surface area contributed by atoms with Crippen LogP contribution in [0.5, 0.6) is 0 Å². The number of oxime groups is 1. The molecular weight excluding hydrogens is 212 g/mol. The number of anilines is 2. The summed E-state index contributed by atoms with van der Waals surface area (Å²) in [4.78, 5) is 4.69. The molecule has 0 atom stereocenters. The fourth-order valence-electron chi connectivity index (χ4n) is 1.51. The normalized spacial score (nSPS) is 10.4. The summed E-state index contributed by atoms with van der Waals surface area (Å²) in [6.07, 6.45) is 1.69. The van der Waals surface area contributed by atoms with Crippen molar-refractivity contribution in [2.24, 2.45) is 5.16 Å². The van der Waals surface area contributed by atoms with Gasteiger partial charge in [-0.1, -0.05) is 41.6 Å². The van der Waals surface area contributed by atoms with E-state index in [1.54, 1.807) is 6.21 Å². The van der Waals surface area contributed by atoms with Gasteiger partial charge in [0.2, 0.25) is 0 Å². The molecule has 3 heteroatoms. The summed E-state index contributed by atoms with van der Waals surface area (Å²) < 4.78 is 0. The number of hydrogen-bond acceptors (Lipinski definition) is 3. The lowest BCUT2D eigenvalue weighted by atomic mass is 10.2. The molecule has 0 aliphatic rings. The molecule has 0 fully saturated rings. The van der Waals surface area contributed by atoms with E-state index in [9.17, 15) is 0 Å². The summed E-state index contributed by atoms with van der Waals surface area (Å²) in [5, 5.41) is 7.11. The third kappa shape index (κ3) is 3.08. The molecular formula is C14H14N2O. The van der Waals surface area contributed by atoms with E-state index in [1.807, 2.05) is 54.6 Å². The van der Waals surface area contributed by atoms with Crippen molar-refractivity contribution in [3.05, 3.63) is 60.2 Å². The molecule has 2 aromatic rings. The third-order valence-corrected chi connectivity index (χ3v) is 2.31. The van der Waals surface area contributed by atoms with Crippen molar-refractivity contribution in [1.82, 2.24) is 0 Å². The summed E-state index contributed by atoms with van der Waals surface area (Å²) in [6, 6.07) is 17.9. The van der Waals surface area contributed by atoms with E-state index >= 15 is 0 Å². The molecule has 2 aromatic carbocycles. The van der Waals surface area contributed by atoms with Gasteiger partial charge in [0.1, 0.15) is 7.11 Å². The molecule has 0 aliphatic heterocycles. The van der Waals surface area contributed by atoms with E-state index in [0.717, 1.165) is 16.9 Å². The first kappa shape index (κ1) is 11.2. The SMILES string of the molecule is CO/N=C/c1ccccc1Nc1ccccc1. The van der Waals surface area contributed by atoms with Crippen molar-refractivity contribution >= 4 is 17.6 Å². The molecule has 0 saturated heterocycles. The molecule has 0 heterocycles. The van der Waals surface area contributed by atoms with Crippen molar-refractivity contribution in [2.75, 3.05) is 12.4 Å². The van der Waals surface area contributed by atoms with Gasteiger partial charge in [-0.15, -0.1) is 0 Å². The standard InChI is InChI=1S/C14H14N2O/c1-17-15-11-12-7-5-6-10-14(12)16-13-8-3-2-4-9-13/h2-11,16H,1H3/b15-11+. The molecule has 0 spiro atoms. The van der Waals surface area contributed by atoms with Gasteiger partial charge in [-0.2, -0.15) is 0 Å². The van der Waals surface area contributed by atoms with E-state index in [-0.39, 0.29) is 0 Å². The van der Waals surface area contributed by atoms with Crippen LogP contribution in [0.1, 0.15) is 5.56 Å². The Bertz CT molecular complexity index is 495. The van der Waals surface area contributed by atoms with Crippen molar-refractivity contribution in [3.8, 4) is 0 Å². The first-order chi connectivity index (χ1) is 8.40. The minimum atomic E-state index is 0.984. The maximum Gasteiger partial charge on any atom is 0.106 e. The Morgan fingerprint density at radius 2 is 1.71 bits per heavy atom. The first-order valence-corrected chi connectivity index (χ1v) is 5.38. The van der Waals surface area contributed by atoms with E-state index in [2.05, 4.69) is 10.5 Å². The van der Waals surface area contributed by atoms with Gasteiger partial charge in [0.15, 0.2) is 0 Å². The van der Waals surface area contributed by atoms with Crippen LogP contribution in [0.2, 0.25) is 0 Å². The van der Waals surface area contributed by atoms with Gasteiger partial charge in [0.25, 0.3) is 0 Å². The Morgan fingerprint density at radius 3 is 2.47 bits per heavy atom. The quantitative estimate of drug-likeness (QED) is 0.640. The first-order valence-electron chi connectivity index (χ1n) is 5.38. The average Bonchev–Trinajstić information content (AvgIpc) is 2.39. The maximum absolute atomic E-state index is 4.69. The van der Waals surface area contributed by atoms with Gasteiger partial charge >= 0.3 is 0 Å². The fraction of sp³-hybridized carbons (Fsp3) is 0.0714. The lowest BCUT2D eigenvalue weighted by molar-refractivity contribution is 0.215. The Balaban J connectivity index is 2.23. The summed E-state index contributed by atoms with van der Waals surface area (Å²) in [5.41, 5.74) is 3.03. The van der Waals surface area contributed by atoms with Crippen LogP contribution in [0, 0.1) is 0 Å². The number of nitrogens with one attached hydrogen (secondary N) is 1. The lowest BCUT2D eigenvalue weighted by Gasteiger charge is -2.08. The number of rotatable bonds is 4. The summed E-state index contributed by atoms with van der Waals surface area (Å²) in [6.45, 7) is 0. The highest BCUT2D eigenvalue weighted by Gasteiger charge is 1.99. The summed E-state index contributed by atoms with van der Waals surface area (Å²) >= 11 is 0. The third-order valence-electron chi connectivity index (χ3n) is 2.31. The van der Waals surface area contributed by atoms with Gasteiger partial charge < -0.3 is 10.2 Å². The molecule has 1 N–H and O–H groups in total. The molecule has 86 valence electrons. The van der Waals surface area contributed by atoms with Crippen molar-refractivity contribution < 1.29 is 4.84 Å². The number of para-hydroxylation sites is 2. The molecule has 0 radical (unpaired) electrons. The van der Waals surface area contributed by atoms with Crippen LogP contribution in [-0.4, -0.2) is 13.3 Å². The molecule has 0 unspecified atom stereocenters. The predicted molar refractivity (Wildman–Crippen MR) is 70.8 cm³/mol. The van der Waals surface area contributed by atoms with Crippen LogP contribution < -0.4 is 5.32 Å². The minimum absolute atomic E-state index is 0.984. The van der Waals surface area contributed by atoms with Crippen molar-refractivity contribution in [1.29, 1.82) is 0 Å². The topological polar surface area (TPSA) is 33.6 Å². The number of nitrogens with zero attached hydrogens (tertiary/aromatic N) is 1. The molecule has 3 nitrogen and oxygen atoms in total. The summed E-state index contributed by atoms with van der Waals surface area (Å²) in [5.74, 6) is 0. The zero-order chi connectivity index (χ0) is 11.9. The second-order valence-corrected chi connectivity index (χ2v) is 3.50. The van der Waals surface area contributed by atoms with E-state index < -0.39 is 0 Å². The second-order valence-electron chi connectivity index (χ2n) is 3.50. The Hall–Kier alpha value is -2.29. The highest BCUT2D eigenvalue weighted by atomic mass is 16.6.